The number of rotatable bonds is 12. The van der Waals surface area contributed by atoms with Crippen LogP contribution in [0.3, 0.4) is 0 Å². The molecule has 0 spiro atoms. The number of nitrogens with zero attached hydrogens (tertiary/aromatic N) is 1. The van der Waals surface area contributed by atoms with Crippen molar-refractivity contribution >= 4 is 23.9 Å². The van der Waals surface area contributed by atoms with Crippen LogP contribution in [0.5, 0.6) is 0 Å². The summed E-state index contributed by atoms with van der Waals surface area (Å²) < 4.78 is 10.0. The molecule has 3 amide bonds. The van der Waals surface area contributed by atoms with E-state index in [0.717, 1.165) is 0 Å². The van der Waals surface area contributed by atoms with Crippen LogP contribution in [0.15, 0.2) is 43.0 Å². The summed E-state index contributed by atoms with van der Waals surface area (Å²) >= 11 is 0. The number of carbonyl (C=O) groups is 4. The molecule has 188 valence electrons. The van der Waals surface area contributed by atoms with E-state index in [4.69, 9.17) is 9.47 Å². The average molecular weight is 478 g/mol. The Labute approximate surface area is 200 Å². The van der Waals surface area contributed by atoms with Gasteiger partial charge in [-0.15, -0.1) is 6.58 Å². The highest BCUT2D eigenvalue weighted by Crippen LogP contribution is 2.22. The number of amides is 3. The standard InChI is InChI=1S/C24H35N3O7/c1-6-15-27(22(31)18(16-28)26-23(32)34-24(3,4)5)20(17-11-9-8-10-12-17)21(30)25-14-13-19(29)33-7-2/h6,8-12,18,20,28H,1,7,13-16H2,2-5H3,(H,25,30)(H,26,32). The van der Waals surface area contributed by atoms with E-state index in [-0.39, 0.29) is 26.1 Å². The lowest BCUT2D eigenvalue weighted by Crippen LogP contribution is -2.54. The van der Waals surface area contributed by atoms with E-state index >= 15 is 0 Å². The lowest BCUT2D eigenvalue weighted by atomic mass is 10.0. The Kier molecular flexibility index (Phi) is 11.8. The minimum absolute atomic E-state index is 0.0106. The largest absolute Gasteiger partial charge is 0.466 e. The van der Waals surface area contributed by atoms with Crippen molar-refractivity contribution in [3.05, 3.63) is 48.6 Å². The quantitative estimate of drug-likeness (QED) is 0.308. The van der Waals surface area contributed by atoms with Gasteiger partial charge >= 0.3 is 12.1 Å². The number of esters is 1. The van der Waals surface area contributed by atoms with Crippen molar-refractivity contribution in [1.82, 2.24) is 15.5 Å². The zero-order valence-electron chi connectivity index (χ0n) is 20.2. The van der Waals surface area contributed by atoms with Gasteiger partial charge in [-0.1, -0.05) is 36.4 Å². The van der Waals surface area contributed by atoms with Crippen LogP contribution >= 0.6 is 0 Å². The maximum atomic E-state index is 13.3. The number of hydrogen-bond acceptors (Lipinski definition) is 7. The smallest absolute Gasteiger partial charge is 0.408 e. The molecule has 34 heavy (non-hydrogen) atoms. The molecule has 10 nitrogen and oxygen atoms in total. The summed E-state index contributed by atoms with van der Waals surface area (Å²) in [5.41, 5.74) is -0.306. The van der Waals surface area contributed by atoms with Gasteiger partial charge in [0.2, 0.25) is 11.8 Å². The Bertz CT molecular complexity index is 837. The Balaban J connectivity index is 3.16. The van der Waals surface area contributed by atoms with Crippen LogP contribution in [-0.4, -0.2) is 71.8 Å². The molecule has 1 aromatic carbocycles. The Morgan fingerprint density at radius 3 is 2.35 bits per heavy atom. The van der Waals surface area contributed by atoms with Gasteiger partial charge in [-0.25, -0.2) is 4.79 Å². The average Bonchev–Trinajstić information content (AvgIpc) is 2.76. The molecule has 0 fully saturated rings. The van der Waals surface area contributed by atoms with Gasteiger partial charge in [-0.2, -0.15) is 0 Å². The maximum Gasteiger partial charge on any atom is 0.408 e. The molecule has 0 saturated heterocycles. The molecule has 2 atom stereocenters. The lowest BCUT2D eigenvalue weighted by molar-refractivity contribution is -0.144. The number of hydrogen-bond donors (Lipinski definition) is 3. The van der Waals surface area contributed by atoms with Crippen molar-refractivity contribution in [2.24, 2.45) is 0 Å². The highest BCUT2D eigenvalue weighted by Gasteiger charge is 2.35. The number of aliphatic hydroxyl groups is 1. The zero-order valence-corrected chi connectivity index (χ0v) is 20.2. The summed E-state index contributed by atoms with van der Waals surface area (Å²) in [4.78, 5) is 51.5. The van der Waals surface area contributed by atoms with Crippen LogP contribution in [0.2, 0.25) is 0 Å². The van der Waals surface area contributed by atoms with E-state index in [9.17, 15) is 24.3 Å². The van der Waals surface area contributed by atoms with E-state index in [0.29, 0.717) is 5.56 Å². The predicted octanol–water partition coefficient (Wildman–Crippen LogP) is 1.70. The summed E-state index contributed by atoms with van der Waals surface area (Å²) in [5.74, 6) is -1.71. The molecule has 2 unspecified atom stereocenters. The fourth-order valence-electron chi connectivity index (χ4n) is 3.02. The number of ether oxygens (including phenoxy) is 2. The molecule has 0 radical (unpaired) electrons. The normalized spacial score (nSPS) is 12.6. The monoisotopic (exact) mass is 477 g/mol. The number of alkyl carbamates (subject to hydrolysis) is 1. The summed E-state index contributed by atoms with van der Waals surface area (Å²) in [7, 11) is 0. The van der Waals surface area contributed by atoms with E-state index in [1.807, 2.05) is 0 Å². The van der Waals surface area contributed by atoms with Crippen LogP contribution in [0.25, 0.3) is 0 Å². The molecule has 0 heterocycles. The molecule has 10 heteroatoms. The molecule has 0 aliphatic carbocycles. The lowest BCUT2D eigenvalue weighted by Gasteiger charge is -2.33. The maximum absolute atomic E-state index is 13.3. The van der Waals surface area contributed by atoms with E-state index < -0.39 is 48.2 Å². The molecular weight excluding hydrogens is 442 g/mol. The number of nitrogens with one attached hydrogen (secondary N) is 2. The second kappa shape index (κ2) is 14.0. The molecule has 0 bridgehead atoms. The molecule has 1 aromatic rings. The van der Waals surface area contributed by atoms with Crippen LogP contribution in [0.1, 0.15) is 45.7 Å². The molecule has 0 saturated carbocycles. The molecule has 3 N–H and O–H groups in total. The first-order valence-corrected chi connectivity index (χ1v) is 11.0. The van der Waals surface area contributed by atoms with Gasteiger partial charge < -0.3 is 30.1 Å². The molecular formula is C24H35N3O7. The van der Waals surface area contributed by atoms with Crippen molar-refractivity contribution in [2.75, 3.05) is 26.3 Å². The first-order chi connectivity index (χ1) is 16.0. The van der Waals surface area contributed by atoms with E-state index in [1.54, 1.807) is 58.0 Å². The van der Waals surface area contributed by atoms with Gasteiger partial charge in [0.1, 0.15) is 17.7 Å². The highest BCUT2D eigenvalue weighted by atomic mass is 16.6. The Hall–Kier alpha value is -3.40. The third-order valence-electron chi connectivity index (χ3n) is 4.39. The van der Waals surface area contributed by atoms with Crippen molar-refractivity contribution in [3.8, 4) is 0 Å². The van der Waals surface area contributed by atoms with Gasteiger partial charge in [-0.05, 0) is 33.3 Å². The highest BCUT2D eigenvalue weighted by molar-refractivity contribution is 5.92. The fraction of sp³-hybridized carbons (Fsp3) is 0.500. The van der Waals surface area contributed by atoms with Crippen LogP contribution in [0.4, 0.5) is 4.79 Å². The Morgan fingerprint density at radius 2 is 1.82 bits per heavy atom. The van der Waals surface area contributed by atoms with E-state index in [2.05, 4.69) is 17.2 Å². The van der Waals surface area contributed by atoms with Crippen molar-refractivity contribution < 1.29 is 33.8 Å². The molecule has 1 rings (SSSR count). The molecule has 0 aliphatic heterocycles. The summed E-state index contributed by atoms with van der Waals surface area (Å²) in [5, 5.41) is 14.8. The number of carbonyl (C=O) groups excluding carboxylic acids is 4. The first kappa shape index (κ1) is 28.6. The van der Waals surface area contributed by atoms with Gasteiger partial charge in [0.15, 0.2) is 0 Å². The predicted molar refractivity (Wildman–Crippen MR) is 126 cm³/mol. The summed E-state index contributed by atoms with van der Waals surface area (Å²) in [6, 6.07) is 6.08. The second-order valence-electron chi connectivity index (χ2n) is 8.32. The van der Waals surface area contributed by atoms with Crippen molar-refractivity contribution in [1.29, 1.82) is 0 Å². The molecule has 0 aromatic heterocycles. The van der Waals surface area contributed by atoms with Gasteiger partial charge in [-0.3, -0.25) is 14.4 Å². The summed E-state index contributed by atoms with van der Waals surface area (Å²) in [6.07, 6.45) is 0.519. The van der Waals surface area contributed by atoms with Crippen LogP contribution < -0.4 is 10.6 Å². The van der Waals surface area contributed by atoms with Crippen LogP contribution in [0, 0.1) is 0 Å². The Morgan fingerprint density at radius 1 is 1.18 bits per heavy atom. The zero-order chi connectivity index (χ0) is 25.7. The number of benzene rings is 1. The molecule has 0 aliphatic rings. The summed E-state index contributed by atoms with van der Waals surface area (Å²) in [6.45, 7) is 9.82. The first-order valence-electron chi connectivity index (χ1n) is 11.0. The van der Waals surface area contributed by atoms with Gasteiger partial charge in [0.25, 0.3) is 0 Å². The number of aliphatic hydroxyl groups excluding tert-OH is 1. The van der Waals surface area contributed by atoms with Crippen LogP contribution in [-0.2, 0) is 23.9 Å². The minimum Gasteiger partial charge on any atom is -0.466 e. The van der Waals surface area contributed by atoms with E-state index in [1.165, 1.54) is 11.0 Å². The SMILES string of the molecule is C=CCN(C(=O)C(CO)NC(=O)OC(C)(C)C)C(C(=O)NCCC(=O)OCC)c1ccccc1. The third-order valence-corrected chi connectivity index (χ3v) is 4.39. The van der Waals surface area contributed by atoms with Gasteiger partial charge in [0, 0.05) is 13.1 Å². The third kappa shape index (κ3) is 9.62. The second-order valence-corrected chi connectivity index (χ2v) is 8.32. The van der Waals surface area contributed by atoms with Crippen molar-refractivity contribution in [3.63, 3.8) is 0 Å². The van der Waals surface area contributed by atoms with Gasteiger partial charge in [0.05, 0.1) is 19.6 Å². The topological polar surface area (TPSA) is 134 Å². The minimum atomic E-state index is -1.35. The fourth-order valence-corrected chi connectivity index (χ4v) is 3.02. The van der Waals surface area contributed by atoms with Crippen molar-refractivity contribution in [2.45, 2.75) is 51.8 Å².